The van der Waals surface area contributed by atoms with Gasteiger partial charge in [-0.05, 0) is 26.7 Å². The van der Waals surface area contributed by atoms with Crippen molar-refractivity contribution in [1.29, 1.82) is 0 Å². The molecular weight excluding hydrogens is 448 g/mol. The maximum absolute atomic E-state index is 6.28. The van der Waals surface area contributed by atoms with E-state index in [2.05, 4.69) is 52.0 Å². The van der Waals surface area contributed by atoms with Gasteiger partial charge in [0, 0.05) is 23.0 Å². The standard InChI is InChI=1S/C32H54O4/c1-5-7-9-11-13-15-17-29-23-33-31(35-25(29)3)27-19-21-28(22-20-27)32-34-24-30(26(4)36-32)18-16-14-12-10-8-6-2/h19-22,25-26,29-32H,5-18,23-24H2,1-4H3. The molecule has 36 heavy (non-hydrogen) atoms. The molecule has 0 radical (unpaired) electrons. The lowest BCUT2D eigenvalue weighted by molar-refractivity contribution is -0.239. The van der Waals surface area contributed by atoms with Gasteiger partial charge in [-0.1, -0.05) is 115 Å². The number of unbranched alkanes of at least 4 members (excludes halogenated alkanes) is 10. The first-order chi connectivity index (χ1) is 17.6. The van der Waals surface area contributed by atoms with Gasteiger partial charge in [0.15, 0.2) is 12.6 Å². The van der Waals surface area contributed by atoms with Gasteiger partial charge >= 0.3 is 0 Å². The van der Waals surface area contributed by atoms with Crippen LogP contribution < -0.4 is 0 Å². The summed E-state index contributed by atoms with van der Waals surface area (Å²) in [7, 11) is 0. The molecule has 2 fully saturated rings. The zero-order valence-electron chi connectivity index (χ0n) is 23.7. The maximum Gasteiger partial charge on any atom is 0.184 e. The Labute approximate surface area is 221 Å². The smallest absolute Gasteiger partial charge is 0.184 e. The molecule has 0 spiro atoms. The third-order valence-electron chi connectivity index (χ3n) is 8.27. The Morgan fingerprint density at radius 1 is 0.556 bits per heavy atom. The summed E-state index contributed by atoms with van der Waals surface area (Å²) in [6.07, 6.45) is 18.4. The SMILES string of the molecule is CCCCCCCCC1COC(c2ccc(C3OCC(CCCCCCCC)C(C)O3)cc2)OC1C. The summed E-state index contributed by atoms with van der Waals surface area (Å²) in [6, 6.07) is 8.45. The van der Waals surface area contributed by atoms with E-state index in [1.165, 1.54) is 89.9 Å². The van der Waals surface area contributed by atoms with Gasteiger partial charge in [-0.15, -0.1) is 0 Å². The summed E-state index contributed by atoms with van der Waals surface area (Å²) in [6.45, 7) is 10.5. The van der Waals surface area contributed by atoms with Crippen molar-refractivity contribution < 1.29 is 18.9 Å². The molecule has 2 saturated heterocycles. The lowest BCUT2D eigenvalue weighted by Crippen LogP contribution is -2.34. The average Bonchev–Trinajstić information content (AvgIpc) is 2.89. The van der Waals surface area contributed by atoms with Gasteiger partial charge in [-0.2, -0.15) is 0 Å². The molecule has 0 aliphatic carbocycles. The van der Waals surface area contributed by atoms with Crippen LogP contribution in [-0.2, 0) is 18.9 Å². The molecule has 0 saturated carbocycles. The fraction of sp³-hybridized carbons (Fsp3) is 0.812. The summed E-state index contributed by atoms with van der Waals surface area (Å²) in [5.41, 5.74) is 2.15. The van der Waals surface area contributed by atoms with Gasteiger partial charge in [0.2, 0.25) is 0 Å². The van der Waals surface area contributed by atoms with Crippen LogP contribution in [0.5, 0.6) is 0 Å². The van der Waals surface area contributed by atoms with Crippen LogP contribution in [0.4, 0.5) is 0 Å². The van der Waals surface area contributed by atoms with E-state index >= 15 is 0 Å². The summed E-state index contributed by atoms with van der Waals surface area (Å²) >= 11 is 0. The molecule has 2 aliphatic rings. The minimum absolute atomic E-state index is 0.230. The van der Waals surface area contributed by atoms with Crippen LogP contribution >= 0.6 is 0 Å². The first kappa shape index (κ1) is 29.6. The second kappa shape index (κ2) is 16.8. The van der Waals surface area contributed by atoms with Gasteiger partial charge in [-0.3, -0.25) is 0 Å². The third-order valence-corrected chi connectivity index (χ3v) is 8.27. The predicted molar refractivity (Wildman–Crippen MR) is 148 cm³/mol. The highest BCUT2D eigenvalue weighted by Crippen LogP contribution is 2.35. The van der Waals surface area contributed by atoms with E-state index in [9.17, 15) is 0 Å². The highest BCUT2D eigenvalue weighted by Gasteiger charge is 2.31. The average molecular weight is 503 g/mol. The van der Waals surface area contributed by atoms with Gasteiger partial charge in [0.05, 0.1) is 25.4 Å². The van der Waals surface area contributed by atoms with Crippen LogP contribution in [0.2, 0.25) is 0 Å². The predicted octanol–water partition coefficient (Wildman–Crippen LogP) is 9.29. The number of rotatable bonds is 16. The molecule has 4 nitrogen and oxygen atoms in total. The van der Waals surface area contributed by atoms with E-state index in [1.54, 1.807) is 0 Å². The van der Waals surface area contributed by atoms with Crippen molar-refractivity contribution in [2.45, 2.75) is 142 Å². The fourth-order valence-electron chi connectivity index (χ4n) is 5.55. The largest absolute Gasteiger partial charge is 0.348 e. The van der Waals surface area contributed by atoms with E-state index in [0.29, 0.717) is 11.8 Å². The fourth-order valence-corrected chi connectivity index (χ4v) is 5.55. The summed E-state index contributed by atoms with van der Waals surface area (Å²) < 4.78 is 24.8. The third kappa shape index (κ3) is 9.74. The molecule has 6 atom stereocenters. The van der Waals surface area contributed by atoms with Gasteiger partial charge in [0.25, 0.3) is 0 Å². The number of ether oxygens (including phenoxy) is 4. The van der Waals surface area contributed by atoms with E-state index in [0.717, 1.165) is 24.3 Å². The Bertz CT molecular complexity index is 631. The van der Waals surface area contributed by atoms with Crippen molar-refractivity contribution in [3.05, 3.63) is 35.4 Å². The molecule has 4 heteroatoms. The van der Waals surface area contributed by atoms with Crippen molar-refractivity contribution in [2.75, 3.05) is 13.2 Å². The zero-order valence-corrected chi connectivity index (χ0v) is 23.7. The van der Waals surface area contributed by atoms with Crippen LogP contribution in [0, 0.1) is 11.8 Å². The molecule has 6 unspecified atom stereocenters. The van der Waals surface area contributed by atoms with Gasteiger partial charge in [0.1, 0.15) is 0 Å². The second-order valence-corrected chi connectivity index (χ2v) is 11.3. The van der Waals surface area contributed by atoms with E-state index < -0.39 is 0 Å². The van der Waals surface area contributed by atoms with Crippen LogP contribution in [0.25, 0.3) is 0 Å². The molecular formula is C32H54O4. The molecule has 0 aromatic heterocycles. The van der Waals surface area contributed by atoms with Crippen molar-refractivity contribution in [3.63, 3.8) is 0 Å². The molecule has 206 valence electrons. The molecule has 3 rings (SSSR count). The van der Waals surface area contributed by atoms with Crippen molar-refractivity contribution >= 4 is 0 Å². The quantitative estimate of drug-likeness (QED) is 0.211. The Balaban J connectivity index is 1.37. The van der Waals surface area contributed by atoms with Gasteiger partial charge in [-0.25, -0.2) is 0 Å². The number of benzene rings is 1. The van der Waals surface area contributed by atoms with Crippen molar-refractivity contribution in [1.82, 2.24) is 0 Å². The number of hydrogen-bond donors (Lipinski definition) is 0. The van der Waals surface area contributed by atoms with E-state index in [4.69, 9.17) is 18.9 Å². The monoisotopic (exact) mass is 502 g/mol. The molecule has 0 amide bonds. The summed E-state index contributed by atoms with van der Waals surface area (Å²) in [4.78, 5) is 0. The minimum atomic E-state index is -0.274. The molecule has 1 aromatic carbocycles. The summed E-state index contributed by atoms with van der Waals surface area (Å²) in [5.74, 6) is 1.00. The molecule has 2 heterocycles. The normalized spacial score (nSPS) is 28.9. The van der Waals surface area contributed by atoms with Crippen LogP contribution in [-0.4, -0.2) is 25.4 Å². The second-order valence-electron chi connectivity index (χ2n) is 11.3. The molecule has 1 aromatic rings. The topological polar surface area (TPSA) is 36.9 Å². The van der Waals surface area contributed by atoms with E-state index in [1.807, 2.05) is 0 Å². The molecule has 0 N–H and O–H groups in total. The molecule has 2 aliphatic heterocycles. The maximum atomic E-state index is 6.28. The van der Waals surface area contributed by atoms with Crippen LogP contribution in [0.15, 0.2) is 24.3 Å². The highest BCUT2D eigenvalue weighted by molar-refractivity contribution is 5.24. The number of hydrogen-bond acceptors (Lipinski definition) is 4. The first-order valence-corrected chi connectivity index (χ1v) is 15.3. The Hall–Kier alpha value is -0.940. The van der Waals surface area contributed by atoms with Gasteiger partial charge < -0.3 is 18.9 Å². The molecule has 0 bridgehead atoms. The van der Waals surface area contributed by atoms with Crippen LogP contribution in [0.3, 0.4) is 0 Å². The van der Waals surface area contributed by atoms with Crippen molar-refractivity contribution in [3.8, 4) is 0 Å². The van der Waals surface area contributed by atoms with Crippen LogP contribution in [0.1, 0.15) is 141 Å². The Kier molecular flexibility index (Phi) is 13.8. The highest BCUT2D eigenvalue weighted by atomic mass is 16.7. The summed E-state index contributed by atoms with van der Waals surface area (Å²) in [5, 5.41) is 0. The Morgan fingerprint density at radius 3 is 1.28 bits per heavy atom. The Morgan fingerprint density at radius 2 is 0.917 bits per heavy atom. The lowest BCUT2D eigenvalue weighted by atomic mass is 9.95. The van der Waals surface area contributed by atoms with E-state index in [-0.39, 0.29) is 24.8 Å². The lowest BCUT2D eigenvalue weighted by Gasteiger charge is -2.36. The zero-order chi connectivity index (χ0) is 25.6. The minimum Gasteiger partial charge on any atom is -0.348 e. The first-order valence-electron chi connectivity index (χ1n) is 15.3. The van der Waals surface area contributed by atoms with Crippen molar-refractivity contribution in [2.24, 2.45) is 11.8 Å².